The zero-order valence-electron chi connectivity index (χ0n) is 13.5. The maximum Gasteiger partial charge on any atom is 0.417 e. The van der Waals surface area contributed by atoms with Gasteiger partial charge in [0.1, 0.15) is 0 Å². The number of nitrogens with zero attached hydrogens (tertiary/aromatic N) is 3. The lowest BCUT2D eigenvalue weighted by Crippen LogP contribution is -2.70. The highest BCUT2D eigenvalue weighted by Crippen LogP contribution is 2.36. The molecule has 1 aromatic rings. The number of halogens is 3. The maximum absolute atomic E-state index is 13.1. The predicted octanol–water partition coefficient (Wildman–Crippen LogP) is 0.573. The molecule has 3 N–H and O–H groups in total. The number of alkyl halides is 3. The van der Waals surface area contributed by atoms with Crippen molar-refractivity contribution in [1.82, 2.24) is 21.1 Å². The molecule has 0 spiro atoms. The van der Waals surface area contributed by atoms with Crippen molar-refractivity contribution in [2.24, 2.45) is 0 Å². The molecule has 0 radical (unpaired) electrons. The second-order valence-electron chi connectivity index (χ2n) is 5.03. The first kappa shape index (κ1) is 18.7. The van der Waals surface area contributed by atoms with E-state index in [4.69, 9.17) is 5.26 Å². The smallest absolute Gasteiger partial charge is 0.276 e. The third-order valence-electron chi connectivity index (χ3n) is 3.87. The van der Waals surface area contributed by atoms with E-state index >= 15 is 0 Å². The highest BCUT2D eigenvalue weighted by Gasteiger charge is 2.57. The maximum atomic E-state index is 13.1. The van der Waals surface area contributed by atoms with E-state index in [1.165, 1.54) is 27.2 Å². The average molecular weight is 356 g/mol. The van der Waals surface area contributed by atoms with Crippen molar-refractivity contribution in [2.45, 2.75) is 12.0 Å². The number of benzene rings is 1. The van der Waals surface area contributed by atoms with E-state index in [0.717, 1.165) is 17.1 Å². The fraction of sp³-hybridized carbons (Fsp3) is 0.357. The molecular weight excluding hydrogens is 341 g/mol. The van der Waals surface area contributed by atoms with Gasteiger partial charge in [-0.3, -0.25) is 15.4 Å². The molecule has 1 saturated heterocycles. The Kier molecular flexibility index (Phi) is 4.72. The largest absolute Gasteiger partial charge is 0.417 e. The van der Waals surface area contributed by atoms with Gasteiger partial charge < -0.3 is 0 Å². The van der Waals surface area contributed by atoms with E-state index in [-0.39, 0.29) is 5.69 Å². The van der Waals surface area contributed by atoms with Crippen molar-refractivity contribution in [3.8, 4) is 6.07 Å². The van der Waals surface area contributed by atoms with Crippen molar-refractivity contribution < 1.29 is 22.8 Å². The van der Waals surface area contributed by atoms with E-state index in [1.54, 1.807) is 0 Å². The summed E-state index contributed by atoms with van der Waals surface area (Å²) in [5.74, 6) is -2.49. The normalized spacial score (nSPS) is 17.2. The summed E-state index contributed by atoms with van der Waals surface area (Å²) in [5.41, 5.74) is 0.400. The second kappa shape index (κ2) is 6.32. The fourth-order valence-corrected chi connectivity index (χ4v) is 2.64. The number of carbonyl (C=O) groups excluding carboxylic acids is 2. The van der Waals surface area contributed by atoms with Gasteiger partial charge in [-0.25, -0.2) is 20.1 Å². The Morgan fingerprint density at radius 2 is 1.76 bits per heavy atom. The van der Waals surface area contributed by atoms with E-state index in [2.05, 4.69) is 16.1 Å². The first-order valence-electron chi connectivity index (χ1n) is 7.03. The van der Waals surface area contributed by atoms with Crippen LogP contribution in [0.25, 0.3) is 0 Å². The molecule has 0 saturated carbocycles. The number of nitriles is 1. The molecule has 1 aliphatic rings. The van der Waals surface area contributed by atoms with Crippen LogP contribution in [0.1, 0.15) is 11.1 Å². The van der Waals surface area contributed by atoms with Gasteiger partial charge in [0, 0.05) is 7.05 Å². The van der Waals surface area contributed by atoms with Gasteiger partial charge >= 0.3 is 12.2 Å². The number of amides is 3. The lowest BCUT2D eigenvalue weighted by atomic mass is 10.1. The summed E-state index contributed by atoms with van der Waals surface area (Å²) < 4.78 is 39.4. The number of anilines is 1. The summed E-state index contributed by atoms with van der Waals surface area (Å²) in [6.45, 7) is 0. The number of rotatable bonds is 4. The number of hydrogen-bond acceptors (Lipinski definition) is 6. The zero-order chi connectivity index (χ0) is 19.0. The number of likely N-dealkylation sites (N-methyl/N-ethyl adjacent to an activating group) is 2. The van der Waals surface area contributed by atoms with Gasteiger partial charge in [-0.15, -0.1) is 0 Å². The van der Waals surface area contributed by atoms with Crippen LogP contribution < -0.4 is 21.0 Å². The Morgan fingerprint density at radius 1 is 1.16 bits per heavy atom. The monoisotopic (exact) mass is 356 g/mol. The molecule has 3 amide bonds. The minimum Gasteiger partial charge on any atom is -0.276 e. The Labute approximate surface area is 141 Å². The van der Waals surface area contributed by atoms with Crippen LogP contribution in [0.3, 0.4) is 0 Å². The van der Waals surface area contributed by atoms with Gasteiger partial charge in [-0.05, 0) is 32.3 Å². The molecular formula is C14H15F3N6O2. The molecule has 0 atom stereocenters. The molecule has 1 fully saturated rings. The van der Waals surface area contributed by atoms with Gasteiger partial charge in [0.15, 0.2) is 0 Å². The molecule has 0 aliphatic carbocycles. The molecule has 11 heteroatoms. The van der Waals surface area contributed by atoms with Crippen LogP contribution in [-0.4, -0.2) is 43.9 Å². The zero-order valence-corrected chi connectivity index (χ0v) is 13.5. The number of hydrazine groups is 1. The van der Waals surface area contributed by atoms with Crippen molar-refractivity contribution in [3.05, 3.63) is 29.3 Å². The quantitative estimate of drug-likeness (QED) is 0.539. The topological polar surface area (TPSA) is 100 Å². The van der Waals surface area contributed by atoms with E-state index in [9.17, 15) is 22.8 Å². The minimum atomic E-state index is -4.81. The first-order valence-corrected chi connectivity index (χ1v) is 7.03. The summed E-state index contributed by atoms with van der Waals surface area (Å²) in [6.07, 6.45) is -4.81. The molecule has 8 nitrogen and oxygen atoms in total. The van der Waals surface area contributed by atoms with E-state index in [0.29, 0.717) is 11.0 Å². The number of nitrogens with one attached hydrogen (secondary N) is 3. The number of hydrogen-bond donors (Lipinski definition) is 3. The second-order valence-corrected chi connectivity index (χ2v) is 5.03. The standard InChI is InChI=1S/C14H15F3N6O2/c1-19-14(20-2)11(24)22(12(25)23(14)21-3)9-5-4-8(7-18)10(6-9)13(15,16)17/h4-6,19-21H,1-3H3. The van der Waals surface area contributed by atoms with Crippen molar-refractivity contribution in [1.29, 1.82) is 5.26 Å². The van der Waals surface area contributed by atoms with E-state index < -0.39 is 35.0 Å². The first-order chi connectivity index (χ1) is 11.7. The molecule has 1 heterocycles. The lowest BCUT2D eigenvalue weighted by molar-refractivity contribution is -0.137. The van der Waals surface area contributed by atoms with Crippen LogP contribution in [0.2, 0.25) is 0 Å². The summed E-state index contributed by atoms with van der Waals surface area (Å²) >= 11 is 0. The molecule has 0 bridgehead atoms. The Balaban J connectivity index is 2.61. The van der Waals surface area contributed by atoms with Crippen LogP contribution in [0.4, 0.5) is 23.7 Å². The Morgan fingerprint density at radius 3 is 2.16 bits per heavy atom. The van der Waals surface area contributed by atoms with Gasteiger partial charge in [0.25, 0.3) is 5.91 Å². The van der Waals surface area contributed by atoms with Crippen LogP contribution >= 0.6 is 0 Å². The summed E-state index contributed by atoms with van der Waals surface area (Å²) in [7, 11) is 4.21. The number of imide groups is 1. The highest BCUT2D eigenvalue weighted by molar-refractivity contribution is 6.22. The van der Waals surface area contributed by atoms with Gasteiger partial charge in [0.2, 0.25) is 5.79 Å². The molecule has 1 aliphatic heterocycles. The SMILES string of the molecule is CNN1C(=O)N(c2ccc(C#N)c(C(F)(F)F)c2)C(=O)C1(NC)NC. The number of carbonyl (C=O) groups is 2. The molecule has 0 aromatic heterocycles. The van der Waals surface area contributed by atoms with Gasteiger partial charge in [-0.1, -0.05) is 0 Å². The van der Waals surface area contributed by atoms with Crippen LogP contribution in [0.15, 0.2) is 18.2 Å². The van der Waals surface area contributed by atoms with Crippen LogP contribution in [-0.2, 0) is 11.0 Å². The Bertz CT molecular complexity index is 754. The Hall–Kier alpha value is -2.68. The van der Waals surface area contributed by atoms with E-state index in [1.807, 2.05) is 0 Å². The van der Waals surface area contributed by atoms with Crippen molar-refractivity contribution in [2.75, 3.05) is 26.0 Å². The number of urea groups is 1. The highest BCUT2D eigenvalue weighted by atomic mass is 19.4. The molecule has 0 unspecified atom stereocenters. The summed E-state index contributed by atoms with van der Waals surface area (Å²) in [4.78, 5) is 25.9. The molecule has 1 aromatic carbocycles. The predicted molar refractivity (Wildman–Crippen MR) is 80.8 cm³/mol. The minimum absolute atomic E-state index is 0.297. The average Bonchev–Trinajstić information content (AvgIpc) is 2.79. The summed E-state index contributed by atoms with van der Waals surface area (Å²) in [6, 6.07) is 3.19. The van der Waals surface area contributed by atoms with Gasteiger partial charge in [0.05, 0.1) is 22.9 Å². The fourth-order valence-electron chi connectivity index (χ4n) is 2.64. The molecule has 25 heavy (non-hydrogen) atoms. The van der Waals surface area contributed by atoms with Gasteiger partial charge in [-0.2, -0.15) is 18.4 Å². The third kappa shape index (κ3) is 2.70. The lowest BCUT2D eigenvalue weighted by Gasteiger charge is -2.32. The van der Waals surface area contributed by atoms with Crippen molar-refractivity contribution >= 4 is 17.6 Å². The third-order valence-corrected chi connectivity index (χ3v) is 3.87. The molecule has 2 rings (SSSR count). The molecule has 134 valence electrons. The van der Waals surface area contributed by atoms with Crippen LogP contribution in [0, 0.1) is 11.3 Å². The summed E-state index contributed by atoms with van der Waals surface area (Å²) in [5, 5.41) is 15.0. The van der Waals surface area contributed by atoms with Crippen LogP contribution in [0.5, 0.6) is 0 Å². The van der Waals surface area contributed by atoms with Crippen molar-refractivity contribution in [3.63, 3.8) is 0 Å².